The lowest BCUT2D eigenvalue weighted by Crippen LogP contribution is -2.14. The Morgan fingerprint density at radius 3 is 2.38 bits per heavy atom. The largest absolute Gasteiger partial charge is 0.416 e. The van der Waals surface area contributed by atoms with E-state index in [2.05, 4.69) is 10.3 Å². The summed E-state index contributed by atoms with van der Waals surface area (Å²) in [6.45, 7) is 4.66. The molecule has 0 aliphatic carbocycles. The SMILES string of the molecule is CCN(C)C=Nc1cc(C)c(Nc2ccc(C(F)(F)F)cc2Cl)cc1Cl. The molecule has 0 atom stereocenters. The predicted molar refractivity (Wildman–Crippen MR) is 102 cm³/mol. The van der Waals surface area contributed by atoms with Gasteiger partial charge in [-0.3, -0.25) is 0 Å². The fourth-order valence-electron chi connectivity index (χ4n) is 2.08. The molecule has 140 valence electrons. The molecular weight excluding hydrogens is 386 g/mol. The van der Waals surface area contributed by atoms with Crippen molar-refractivity contribution < 1.29 is 13.2 Å². The van der Waals surface area contributed by atoms with Crippen molar-refractivity contribution in [3.8, 4) is 0 Å². The van der Waals surface area contributed by atoms with E-state index in [1.165, 1.54) is 6.07 Å². The third kappa shape index (κ3) is 5.05. The van der Waals surface area contributed by atoms with Crippen molar-refractivity contribution in [2.45, 2.75) is 20.0 Å². The lowest BCUT2D eigenvalue weighted by atomic mass is 10.1. The standard InChI is InChI=1S/C18H18Cl2F3N3/c1-4-26(3)10-24-17-7-11(2)16(9-14(17)20)25-15-6-5-12(8-13(15)19)18(21,22)23/h5-10,25H,4H2,1-3H3. The highest BCUT2D eigenvalue weighted by molar-refractivity contribution is 6.34. The highest BCUT2D eigenvalue weighted by Crippen LogP contribution is 2.37. The summed E-state index contributed by atoms with van der Waals surface area (Å²) < 4.78 is 38.2. The highest BCUT2D eigenvalue weighted by Gasteiger charge is 2.30. The zero-order valence-corrected chi connectivity index (χ0v) is 16.0. The second-order valence-corrected chi connectivity index (χ2v) is 6.57. The first-order chi connectivity index (χ1) is 12.1. The molecule has 3 nitrogen and oxygen atoms in total. The number of nitrogens with zero attached hydrogens (tertiary/aromatic N) is 2. The second kappa shape index (κ2) is 8.18. The summed E-state index contributed by atoms with van der Waals surface area (Å²) in [5, 5.41) is 3.41. The number of anilines is 2. The maximum absolute atomic E-state index is 12.7. The molecule has 0 saturated carbocycles. The van der Waals surface area contributed by atoms with Gasteiger partial charge in [-0.1, -0.05) is 23.2 Å². The highest BCUT2D eigenvalue weighted by atomic mass is 35.5. The Morgan fingerprint density at radius 1 is 1.12 bits per heavy atom. The Labute approximate surface area is 160 Å². The van der Waals surface area contributed by atoms with Gasteiger partial charge in [-0.05, 0) is 49.7 Å². The molecule has 0 bridgehead atoms. The fourth-order valence-corrected chi connectivity index (χ4v) is 2.52. The fraction of sp³-hybridized carbons (Fsp3) is 0.278. The average Bonchev–Trinajstić information content (AvgIpc) is 2.56. The number of hydrogen-bond donors (Lipinski definition) is 1. The topological polar surface area (TPSA) is 27.6 Å². The van der Waals surface area contributed by atoms with Crippen LogP contribution < -0.4 is 5.32 Å². The maximum atomic E-state index is 12.7. The van der Waals surface area contributed by atoms with E-state index in [9.17, 15) is 13.2 Å². The molecule has 8 heteroatoms. The molecule has 0 aliphatic heterocycles. The van der Waals surface area contributed by atoms with Crippen LogP contribution in [0.3, 0.4) is 0 Å². The Bertz CT molecular complexity index is 820. The molecule has 0 fully saturated rings. The van der Waals surface area contributed by atoms with Crippen molar-refractivity contribution in [1.82, 2.24) is 4.90 Å². The van der Waals surface area contributed by atoms with E-state index in [1.807, 2.05) is 25.8 Å². The van der Waals surface area contributed by atoms with Gasteiger partial charge in [-0.2, -0.15) is 13.2 Å². The minimum Gasteiger partial charge on any atom is -0.366 e. The van der Waals surface area contributed by atoms with E-state index in [1.54, 1.807) is 18.5 Å². The van der Waals surface area contributed by atoms with Crippen LogP contribution >= 0.6 is 23.2 Å². The first-order valence-corrected chi connectivity index (χ1v) is 8.55. The molecule has 26 heavy (non-hydrogen) atoms. The Kier molecular flexibility index (Phi) is 6.42. The first-order valence-electron chi connectivity index (χ1n) is 7.80. The van der Waals surface area contributed by atoms with Crippen LogP contribution in [-0.4, -0.2) is 24.8 Å². The lowest BCUT2D eigenvalue weighted by molar-refractivity contribution is -0.137. The third-order valence-electron chi connectivity index (χ3n) is 3.75. The van der Waals surface area contributed by atoms with Crippen molar-refractivity contribution in [3.63, 3.8) is 0 Å². The van der Waals surface area contributed by atoms with Gasteiger partial charge in [0.2, 0.25) is 0 Å². The number of rotatable bonds is 5. The van der Waals surface area contributed by atoms with Crippen molar-refractivity contribution in [3.05, 3.63) is 51.5 Å². The molecule has 2 rings (SSSR count). The summed E-state index contributed by atoms with van der Waals surface area (Å²) in [6, 6.07) is 6.62. The van der Waals surface area contributed by atoms with Crippen LogP contribution in [0, 0.1) is 6.92 Å². The molecule has 1 N–H and O–H groups in total. The van der Waals surface area contributed by atoms with Crippen molar-refractivity contribution in [2.24, 2.45) is 4.99 Å². The van der Waals surface area contributed by atoms with E-state index in [-0.39, 0.29) is 5.02 Å². The molecule has 0 amide bonds. The Morgan fingerprint density at radius 2 is 1.81 bits per heavy atom. The molecule has 0 spiro atoms. The monoisotopic (exact) mass is 403 g/mol. The number of aliphatic imine (C=N–C) groups is 1. The van der Waals surface area contributed by atoms with E-state index >= 15 is 0 Å². The van der Waals surface area contributed by atoms with Crippen LogP contribution in [0.25, 0.3) is 0 Å². The Balaban J connectivity index is 2.28. The molecule has 0 unspecified atom stereocenters. The second-order valence-electron chi connectivity index (χ2n) is 5.75. The van der Waals surface area contributed by atoms with Gasteiger partial charge in [0.1, 0.15) is 0 Å². The van der Waals surface area contributed by atoms with Gasteiger partial charge in [0.25, 0.3) is 0 Å². The van der Waals surface area contributed by atoms with Gasteiger partial charge in [-0.25, -0.2) is 4.99 Å². The molecule has 0 radical (unpaired) electrons. The van der Waals surface area contributed by atoms with E-state index < -0.39 is 11.7 Å². The van der Waals surface area contributed by atoms with Crippen molar-refractivity contribution >= 4 is 46.6 Å². The minimum atomic E-state index is -4.44. The number of benzene rings is 2. The summed E-state index contributed by atoms with van der Waals surface area (Å²) in [7, 11) is 1.90. The first kappa shape index (κ1) is 20.4. The minimum absolute atomic E-state index is 0.0259. The summed E-state index contributed by atoms with van der Waals surface area (Å²) in [5.41, 5.74) is 1.64. The Hall–Kier alpha value is -1.92. The number of halogens is 5. The number of hydrogen-bond acceptors (Lipinski definition) is 2. The average molecular weight is 404 g/mol. The predicted octanol–water partition coefficient (Wildman–Crippen LogP) is 6.68. The summed E-state index contributed by atoms with van der Waals surface area (Å²) in [6.07, 6.45) is -2.76. The van der Waals surface area contributed by atoms with Gasteiger partial charge in [0.15, 0.2) is 0 Å². The van der Waals surface area contributed by atoms with Gasteiger partial charge in [0, 0.05) is 19.3 Å². The molecule has 0 aliphatic rings. The molecule has 2 aromatic carbocycles. The number of nitrogens with one attached hydrogen (secondary N) is 1. The van der Waals surface area contributed by atoms with Crippen LogP contribution in [-0.2, 0) is 6.18 Å². The summed E-state index contributed by atoms with van der Waals surface area (Å²) in [5.74, 6) is 0. The molecule has 2 aromatic rings. The molecule has 0 saturated heterocycles. The summed E-state index contributed by atoms with van der Waals surface area (Å²) in [4.78, 5) is 6.23. The van der Waals surface area contributed by atoms with Crippen molar-refractivity contribution in [1.29, 1.82) is 0 Å². The van der Waals surface area contributed by atoms with Gasteiger partial charge in [0.05, 0.1) is 33.3 Å². The van der Waals surface area contributed by atoms with Crippen molar-refractivity contribution in [2.75, 3.05) is 18.9 Å². The smallest absolute Gasteiger partial charge is 0.366 e. The molecular formula is C18H18Cl2F3N3. The normalized spacial score (nSPS) is 11.8. The third-order valence-corrected chi connectivity index (χ3v) is 4.37. The van der Waals surface area contributed by atoms with E-state index in [0.717, 1.165) is 24.2 Å². The van der Waals surface area contributed by atoms with Crippen LogP contribution in [0.4, 0.5) is 30.2 Å². The lowest BCUT2D eigenvalue weighted by Gasteiger charge is -2.15. The van der Waals surface area contributed by atoms with Crippen LogP contribution in [0.5, 0.6) is 0 Å². The van der Waals surface area contributed by atoms with Crippen LogP contribution in [0.2, 0.25) is 10.0 Å². The quantitative estimate of drug-likeness (QED) is 0.445. The van der Waals surface area contributed by atoms with Crippen LogP contribution in [0.15, 0.2) is 35.3 Å². The van der Waals surface area contributed by atoms with E-state index in [4.69, 9.17) is 23.2 Å². The van der Waals surface area contributed by atoms with Crippen LogP contribution in [0.1, 0.15) is 18.1 Å². The zero-order valence-electron chi connectivity index (χ0n) is 14.5. The summed E-state index contributed by atoms with van der Waals surface area (Å²) >= 11 is 12.2. The van der Waals surface area contributed by atoms with Gasteiger partial charge in [-0.15, -0.1) is 0 Å². The molecule has 0 heterocycles. The van der Waals surface area contributed by atoms with E-state index in [0.29, 0.717) is 22.1 Å². The van der Waals surface area contributed by atoms with Gasteiger partial charge >= 0.3 is 6.18 Å². The molecule has 0 aromatic heterocycles. The maximum Gasteiger partial charge on any atom is 0.416 e. The number of alkyl halides is 3. The number of aryl methyl sites for hydroxylation is 1. The zero-order chi connectivity index (χ0) is 19.5. The van der Waals surface area contributed by atoms with Gasteiger partial charge < -0.3 is 10.2 Å².